The third-order valence-electron chi connectivity index (χ3n) is 2.58. The first-order valence-corrected chi connectivity index (χ1v) is 5.34. The van der Waals surface area contributed by atoms with Crippen LogP contribution in [0.1, 0.15) is 15.9 Å². The molecule has 0 radical (unpaired) electrons. The van der Waals surface area contributed by atoms with Gasteiger partial charge in [0.05, 0.1) is 12.2 Å². The number of methoxy groups -OCH3 is 1. The molecule has 0 spiro atoms. The lowest BCUT2D eigenvalue weighted by atomic mass is 10.1. The fraction of sp³-hybridized carbons (Fsp3) is 0.417. The summed E-state index contributed by atoms with van der Waals surface area (Å²) < 4.78 is 9.85. The van der Waals surface area contributed by atoms with Gasteiger partial charge in [-0.25, -0.2) is 4.79 Å². The summed E-state index contributed by atoms with van der Waals surface area (Å²) in [5.74, 6) is -0.298. The summed E-state index contributed by atoms with van der Waals surface area (Å²) in [7, 11) is 1.58. The van der Waals surface area contributed by atoms with Crippen LogP contribution in [-0.4, -0.2) is 32.8 Å². The van der Waals surface area contributed by atoms with E-state index < -0.39 is 0 Å². The van der Waals surface area contributed by atoms with Crippen molar-refractivity contribution in [1.82, 2.24) is 0 Å². The molecule has 0 aliphatic carbocycles. The van der Waals surface area contributed by atoms with Gasteiger partial charge in [0.25, 0.3) is 0 Å². The van der Waals surface area contributed by atoms with E-state index in [1.54, 1.807) is 13.2 Å². The summed E-state index contributed by atoms with van der Waals surface area (Å²) in [5.41, 5.74) is 2.89. The zero-order chi connectivity index (χ0) is 11.4. The number of nitrogens with one attached hydrogen (secondary N) is 1. The van der Waals surface area contributed by atoms with Gasteiger partial charge in [-0.3, -0.25) is 0 Å². The van der Waals surface area contributed by atoms with Gasteiger partial charge in [-0.1, -0.05) is 6.07 Å². The quantitative estimate of drug-likeness (QED) is 0.617. The van der Waals surface area contributed by atoms with Gasteiger partial charge < -0.3 is 14.8 Å². The van der Waals surface area contributed by atoms with Crippen LogP contribution in [0.25, 0.3) is 0 Å². The van der Waals surface area contributed by atoms with Crippen LogP contribution < -0.4 is 5.32 Å². The normalized spacial score (nSPS) is 13.1. The molecule has 1 heterocycles. The number of carbonyl (C=O) groups excluding carboxylic acids is 1. The molecule has 1 aromatic rings. The molecule has 0 unspecified atom stereocenters. The maximum atomic E-state index is 11.6. The molecule has 2 rings (SSSR count). The maximum Gasteiger partial charge on any atom is 0.338 e. The Hall–Kier alpha value is -1.55. The number of anilines is 1. The Labute approximate surface area is 94.6 Å². The fourth-order valence-corrected chi connectivity index (χ4v) is 1.72. The van der Waals surface area contributed by atoms with Crippen molar-refractivity contribution in [3.05, 3.63) is 29.3 Å². The van der Waals surface area contributed by atoms with Crippen LogP contribution in [0.5, 0.6) is 0 Å². The van der Waals surface area contributed by atoms with Crippen molar-refractivity contribution in [2.24, 2.45) is 0 Å². The van der Waals surface area contributed by atoms with Gasteiger partial charge in [-0.15, -0.1) is 0 Å². The first kappa shape index (κ1) is 11.0. The largest absolute Gasteiger partial charge is 0.460 e. The number of rotatable bonds is 4. The van der Waals surface area contributed by atoms with Gasteiger partial charge in [-0.2, -0.15) is 0 Å². The lowest BCUT2D eigenvalue weighted by Crippen LogP contribution is -2.10. The predicted octanol–water partition coefficient (Wildman–Crippen LogP) is 1.46. The number of hydrogen-bond acceptors (Lipinski definition) is 4. The van der Waals surface area contributed by atoms with Gasteiger partial charge in [-0.05, 0) is 24.1 Å². The molecule has 0 atom stereocenters. The molecular weight excluding hydrogens is 206 g/mol. The van der Waals surface area contributed by atoms with Gasteiger partial charge in [0.1, 0.15) is 6.61 Å². The van der Waals surface area contributed by atoms with E-state index >= 15 is 0 Å². The first-order chi connectivity index (χ1) is 7.81. The average Bonchev–Trinajstić information content (AvgIpc) is 2.76. The Morgan fingerprint density at radius 1 is 1.44 bits per heavy atom. The molecular formula is C12H15NO3. The van der Waals surface area contributed by atoms with Crippen LogP contribution in [0, 0.1) is 0 Å². The number of hydrogen-bond donors (Lipinski definition) is 1. The summed E-state index contributed by atoms with van der Waals surface area (Å²) in [5, 5.41) is 3.23. The predicted molar refractivity (Wildman–Crippen MR) is 60.8 cm³/mol. The van der Waals surface area contributed by atoms with E-state index in [1.807, 2.05) is 12.1 Å². The van der Waals surface area contributed by atoms with E-state index in [0.29, 0.717) is 18.8 Å². The fourth-order valence-electron chi connectivity index (χ4n) is 1.72. The second-order valence-corrected chi connectivity index (χ2v) is 3.68. The SMILES string of the molecule is COCCOC(=O)c1ccc2c(c1)NCC2. The molecule has 0 amide bonds. The minimum atomic E-state index is -0.298. The molecule has 0 fully saturated rings. The van der Waals surface area contributed by atoms with Crippen molar-refractivity contribution >= 4 is 11.7 Å². The lowest BCUT2D eigenvalue weighted by Gasteiger charge is -2.06. The smallest absolute Gasteiger partial charge is 0.338 e. The van der Waals surface area contributed by atoms with Gasteiger partial charge >= 0.3 is 5.97 Å². The third-order valence-corrected chi connectivity index (χ3v) is 2.58. The van der Waals surface area contributed by atoms with Crippen molar-refractivity contribution in [3.63, 3.8) is 0 Å². The summed E-state index contributed by atoms with van der Waals surface area (Å²) in [4.78, 5) is 11.6. The Bertz CT molecular complexity index is 390. The highest BCUT2D eigenvalue weighted by Crippen LogP contribution is 2.23. The summed E-state index contributed by atoms with van der Waals surface area (Å²) in [6.07, 6.45) is 1.02. The van der Waals surface area contributed by atoms with Crippen molar-refractivity contribution in [1.29, 1.82) is 0 Å². The monoisotopic (exact) mass is 221 g/mol. The molecule has 0 saturated heterocycles. The Kier molecular flexibility index (Phi) is 3.41. The highest BCUT2D eigenvalue weighted by Gasteiger charge is 2.13. The summed E-state index contributed by atoms with van der Waals surface area (Å²) in [6.45, 7) is 1.66. The summed E-state index contributed by atoms with van der Waals surface area (Å²) >= 11 is 0. The number of benzene rings is 1. The number of ether oxygens (including phenoxy) is 2. The minimum absolute atomic E-state index is 0.292. The molecule has 4 heteroatoms. The molecule has 1 aliphatic rings. The molecule has 1 aliphatic heterocycles. The highest BCUT2D eigenvalue weighted by molar-refractivity contribution is 5.91. The van der Waals surface area contributed by atoms with Crippen molar-refractivity contribution in [2.45, 2.75) is 6.42 Å². The molecule has 4 nitrogen and oxygen atoms in total. The van der Waals surface area contributed by atoms with Crippen LogP contribution >= 0.6 is 0 Å². The van der Waals surface area contributed by atoms with E-state index in [0.717, 1.165) is 18.7 Å². The van der Waals surface area contributed by atoms with Gasteiger partial charge in [0.15, 0.2) is 0 Å². The second kappa shape index (κ2) is 4.99. The molecule has 0 saturated carbocycles. The number of carbonyl (C=O) groups is 1. The molecule has 1 aromatic carbocycles. The third kappa shape index (κ3) is 2.33. The zero-order valence-corrected chi connectivity index (χ0v) is 9.29. The molecule has 86 valence electrons. The van der Waals surface area contributed by atoms with Crippen molar-refractivity contribution < 1.29 is 14.3 Å². The van der Waals surface area contributed by atoms with E-state index in [-0.39, 0.29) is 5.97 Å². The van der Waals surface area contributed by atoms with Gasteiger partial charge in [0, 0.05) is 19.3 Å². The molecule has 0 bridgehead atoms. The van der Waals surface area contributed by atoms with Crippen molar-refractivity contribution in [2.75, 3.05) is 32.2 Å². The van der Waals surface area contributed by atoms with Crippen LogP contribution in [0.3, 0.4) is 0 Å². The molecule has 16 heavy (non-hydrogen) atoms. The summed E-state index contributed by atoms with van der Waals surface area (Å²) in [6, 6.07) is 5.63. The Morgan fingerprint density at radius 3 is 3.12 bits per heavy atom. The second-order valence-electron chi connectivity index (χ2n) is 3.68. The van der Waals surface area contributed by atoms with E-state index in [4.69, 9.17) is 9.47 Å². The Balaban J connectivity index is 2.01. The topological polar surface area (TPSA) is 47.6 Å². The highest BCUT2D eigenvalue weighted by atomic mass is 16.6. The van der Waals surface area contributed by atoms with Gasteiger partial charge in [0.2, 0.25) is 0 Å². The maximum absolute atomic E-state index is 11.6. The average molecular weight is 221 g/mol. The van der Waals surface area contributed by atoms with Crippen molar-refractivity contribution in [3.8, 4) is 0 Å². The van der Waals surface area contributed by atoms with Crippen LogP contribution in [0.15, 0.2) is 18.2 Å². The first-order valence-electron chi connectivity index (χ1n) is 5.34. The van der Waals surface area contributed by atoms with Crippen LogP contribution in [0.2, 0.25) is 0 Å². The van der Waals surface area contributed by atoms with Crippen LogP contribution in [0.4, 0.5) is 5.69 Å². The Morgan fingerprint density at radius 2 is 2.31 bits per heavy atom. The van der Waals surface area contributed by atoms with E-state index in [9.17, 15) is 4.79 Å². The number of esters is 1. The van der Waals surface area contributed by atoms with E-state index in [1.165, 1.54) is 5.56 Å². The minimum Gasteiger partial charge on any atom is -0.460 e. The van der Waals surface area contributed by atoms with E-state index in [2.05, 4.69) is 5.32 Å². The molecule has 0 aromatic heterocycles. The standard InChI is InChI=1S/C12H15NO3/c1-15-6-7-16-12(14)10-3-2-9-4-5-13-11(9)8-10/h2-3,8,13H,4-7H2,1H3. The van der Waals surface area contributed by atoms with Crippen LogP contribution in [-0.2, 0) is 15.9 Å². The molecule has 1 N–H and O–H groups in total. The number of fused-ring (bicyclic) bond motifs is 1. The zero-order valence-electron chi connectivity index (χ0n) is 9.29. The lowest BCUT2D eigenvalue weighted by molar-refractivity contribution is 0.0388.